The molecule has 0 spiro atoms. The number of sulfone groups is 1. The summed E-state index contributed by atoms with van der Waals surface area (Å²) in [4.78, 5) is 11.9. The number of halogens is 3. The van der Waals surface area contributed by atoms with Crippen molar-refractivity contribution >= 4 is 15.7 Å². The van der Waals surface area contributed by atoms with E-state index in [0.29, 0.717) is 0 Å². The molecule has 1 aliphatic heterocycles. The Hall–Kier alpha value is -1.77. The molecule has 1 saturated heterocycles. The van der Waals surface area contributed by atoms with Crippen LogP contribution in [0.15, 0.2) is 24.3 Å². The lowest BCUT2D eigenvalue weighted by molar-refractivity contribution is -0.274. The van der Waals surface area contributed by atoms with Gasteiger partial charge >= 0.3 is 6.36 Å². The fraction of sp³-hybridized carbons (Fsp3) is 0.462. The molecule has 0 radical (unpaired) electrons. The van der Waals surface area contributed by atoms with Gasteiger partial charge in [-0.3, -0.25) is 4.79 Å². The van der Waals surface area contributed by atoms with Crippen molar-refractivity contribution < 1.29 is 31.1 Å². The molecule has 0 aliphatic carbocycles. The number of hydrogen-bond donors (Lipinski definition) is 1. The fourth-order valence-electron chi connectivity index (χ4n) is 2.20. The molecular weight excluding hydrogens is 323 g/mol. The topological polar surface area (TPSA) is 72.5 Å². The van der Waals surface area contributed by atoms with E-state index < -0.39 is 33.8 Å². The number of rotatable bonds is 4. The van der Waals surface area contributed by atoms with E-state index in [-0.39, 0.29) is 30.0 Å². The number of carbonyl (C=O) groups is 1. The third-order valence-electron chi connectivity index (χ3n) is 3.25. The molecule has 2 rings (SSSR count). The predicted molar refractivity (Wildman–Crippen MR) is 71.7 cm³/mol. The summed E-state index contributed by atoms with van der Waals surface area (Å²) in [5.74, 6) is -1.80. The van der Waals surface area contributed by atoms with Crippen LogP contribution in [-0.2, 0) is 21.2 Å². The van der Waals surface area contributed by atoms with E-state index in [2.05, 4.69) is 10.1 Å². The minimum Gasteiger partial charge on any atom is -0.405 e. The minimum atomic E-state index is -4.82. The molecule has 1 aliphatic rings. The van der Waals surface area contributed by atoms with Crippen molar-refractivity contribution in [3.8, 4) is 5.75 Å². The number of carbonyl (C=O) groups excluding carboxylic acids is 1. The molecule has 9 heteroatoms. The minimum absolute atomic E-state index is 0.0428. The fourth-order valence-corrected chi connectivity index (χ4v) is 3.94. The van der Waals surface area contributed by atoms with E-state index in [0.717, 1.165) is 6.07 Å². The Morgan fingerprint density at radius 3 is 2.59 bits per heavy atom. The van der Waals surface area contributed by atoms with Crippen LogP contribution < -0.4 is 10.1 Å². The summed E-state index contributed by atoms with van der Waals surface area (Å²) in [7, 11) is -3.19. The lowest BCUT2D eigenvalue weighted by Crippen LogP contribution is -2.31. The molecule has 1 heterocycles. The zero-order valence-electron chi connectivity index (χ0n) is 11.4. The van der Waals surface area contributed by atoms with E-state index in [1.165, 1.54) is 18.2 Å². The molecule has 1 N–H and O–H groups in total. The van der Waals surface area contributed by atoms with Crippen molar-refractivity contribution in [2.24, 2.45) is 5.92 Å². The lowest BCUT2D eigenvalue weighted by Gasteiger charge is -2.14. The second-order valence-corrected chi connectivity index (χ2v) is 7.20. The second-order valence-electron chi connectivity index (χ2n) is 4.97. The van der Waals surface area contributed by atoms with Crippen LogP contribution in [0.2, 0.25) is 0 Å². The van der Waals surface area contributed by atoms with Crippen molar-refractivity contribution in [3.63, 3.8) is 0 Å². The highest BCUT2D eigenvalue weighted by atomic mass is 32.2. The van der Waals surface area contributed by atoms with Crippen LogP contribution >= 0.6 is 0 Å². The Labute approximate surface area is 125 Å². The average molecular weight is 337 g/mol. The van der Waals surface area contributed by atoms with Crippen LogP contribution in [0.5, 0.6) is 5.75 Å². The van der Waals surface area contributed by atoms with Gasteiger partial charge in [0.15, 0.2) is 9.84 Å². The highest BCUT2D eigenvalue weighted by Crippen LogP contribution is 2.26. The Morgan fingerprint density at radius 2 is 2.00 bits per heavy atom. The van der Waals surface area contributed by atoms with E-state index in [4.69, 9.17) is 0 Å². The first-order chi connectivity index (χ1) is 10.2. The SMILES string of the molecule is O=C(NCc1ccccc1OC(F)(F)F)C1CCS(=O)(=O)C1. The maximum atomic E-state index is 12.3. The van der Waals surface area contributed by atoms with E-state index in [1.54, 1.807) is 0 Å². The zero-order chi connectivity index (χ0) is 16.4. The molecule has 0 saturated carbocycles. The summed E-state index contributed by atoms with van der Waals surface area (Å²) < 4.78 is 63.3. The smallest absolute Gasteiger partial charge is 0.405 e. The standard InChI is InChI=1S/C13H14F3NO4S/c14-13(15,16)21-11-4-2-1-3-9(11)7-17-12(18)10-5-6-22(19,20)8-10/h1-4,10H,5-8H2,(H,17,18). The first-order valence-electron chi connectivity index (χ1n) is 6.48. The molecule has 1 aromatic rings. The maximum absolute atomic E-state index is 12.3. The van der Waals surface area contributed by atoms with Gasteiger partial charge < -0.3 is 10.1 Å². The van der Waals surface area contributed by atoms with Gasteiger partial charge in [0.1, 0.15) is 5.75 Å². The van der Waals surface area contributed by atoms with E-state index >= 15 is 0 Å². The monoisotopic (exact) mass is 337 g/mol. The van der Waals surface area contributed by atoms with Gasteiger partial charge in [0.05, 0.1) is 17.4 Å². The third kappa shape index (κ3) is 4.62. The number of para-hydroxylation sites is 1. The second kappa shape index (κ2) is 6.15. The highest BCUT2D eigenvalue weighted by molar-refractivity contribution is 7.91. The van der Waals surface area contributed by atoms with Gasteiger partial charge in [-0.1, -0.05) is 18.2 Å². The maximum Gasteiger partial charge on any atom is 0.573 e. The Balaban J connectivity index is 1.99. The molecule has 22 heavy (non-hydrogen) atoms. The molecule has 0 aromatic heterocycles. The molecule has 1 atom stereocenters. The van der Waals surface area contributed by atoms with Gasteiger partial charge in [-0.2, -0.15) is 0 Å². The van der Waals surface area contributed by atoms with Crippen molar-refractivity contribution in [2.45, 2.75) is 19.3 Å². The van der Waals surface area contributed by atoms with Gasteiger partial charge in [-0.25, -0.2) is 8.42 Å². The molecule has 122 valence electrons. The summed E-state index contributed by atoms with van der Waals surface area (Å²) in [6.07, 6.45) is -4.59. The largest absolute Gasteiger partial charge is 0.573 e. The molecule has 1 unspecified atom stereocenters. The summed E-state index contributed by atoms with van der Waals surface area (Å²) >= 11 is 0. The van der Waals surface area contributed by atoms with Gasteiger partial charge in [0.2, 0.25) is 5.91 Å². The highest BCUT2D eigenvalue weighted by Gasteiger charge is 2.34. The van der Waals surface area contributed by atoms with Crippen molar-refractivity contribution in [1.29, 1.82) is 0 Å². The molecular formula is C13H14F3NO4S. The summed E-state index contributed by atoms with van der Waals surface area (Å²) in [5.41, 5.74) is 0.161. The third-order valence-corrected chi connectivity index (χ3v) is 5.02. The molecule has 1 fully saturated rings. The Morgan fingerprint density at radius 1 is 1.32 bits per heavy atom. The van der Waals surface area contributed by atoms with Crippen LogP contribution in [0.4, 0.5) is 13.2 Å². The van der Waals surface area contributed by atoms with Crippen LogP contribution in [0.25, 0.3) is 0 Å². The van der Waals surface area contributed by atoms with Gasteiger partial charge in [0, 0.05) is 12.1 Å². The van der Waals surface area contributed by atoms with Crippen molar-refractivity contribution in [1.82, 2.24) is 5.32 Å². The van der Waals surface area contributed by atoms with Gasteiger partial charge in [0.25, 0.3) is 0 Å². The van der Waals surface area contributed by atoms with E-state index in [9.17, 15) is 26.4 Å². The van der Waals surface area contributed by atoms with Crippen molar-refractivity contribution in [2.75, 3.05) is 11.5 Å². The van der Waals surface area contributed by atoms with E-state index in [1.807, 2.05) is 0 Å². The van der Waals surface area contributed by atoms with Crippen molar-refractivity contribution in [3.05, 3.63) is 29.8 Å². The first-order valence-corrected chi connectivity index (χ1v) is 8.30. The summed E-state index contributed by atoms with van der Waals surface area (Å²) in [6.45, 7) is -0.165. The van der Waals surface area contributed by atoms with Crippen LogP contribution in [0, 0.1) is 5.92 Å². The number of hydrogen-bond acceptors (Lipinski definition) is 4. The van der Waals surface area contributed by atoms with Crippen LogP contribution in [0.3, 0.4) is 0 Å². The molecule has 1 amide bonds. The summed E-state index contributed by atoms with van der Waals surface area (Å²) in [5, 5.41) is 2.45. The molecule has 5 nitrogen and oxygen atoms in total. The Kier molecular flexibility index (Phi) is 4.64. The quantitative estimate of drug-likeness (QED) is 0.906. The first kappa shape index (κ1) is 16.6. The van der Waals surface area contributed by atoms with Crippen LogP contribution in [-0.4, -0.2) is 32.2 Å². The number of nitrogens with one attached hydrogen (secondary N) is 1. The number of benzene rings is 1. The van der Waals surface area contributed by atoms with Gasteiger partial charge in [-0.05, 0) is 12.5 Å². The molecule has 1 aromatic carbocycles. The Bertz CT molecular complexity index is 657. The lowest BCUT2D eigenvalue weighted by atomic mass is 10.1. The number of amides is 1. The molecule has 0 bridgehead atoms. The number of ether oxygens (including phenoxy) is 1. The normalized spacial score (nSPS) is 20.6. The number of alkyl halides is 3. The summed E-state index contributed by atoms with van der Waals surface area (Å²) in [6, 6.07) is 5.45. The predicted octanol–water partition coefficient (Wildman–Crippen LogP) is 1.64. The van der Waals surface area contributed by atoms with Crippen LogP contribution in [0.1, 0.15) is 12.0 Å². The zero-order valence-corrected chi connectivity index (χ0v) is 12.2. The van der Waals surface area contributed by atoms with Gasteiger partial charge in [-0.15, -0.1) is 13.2 Å². The average Bonchev–Trinajstić information content (AvgIpc) is 2.76.